The van der Waals surface area contributed by atoms with Gasteiger partial charge in [-0.15, -0.1) is 0 Å². The van der Waals surface area contributed by atoms with Gasteiger partial charge in [-0.1, -0.05) is 19.1 Å². The van der Waals surface area contributed by atoms with Crippen LogP contribution in [0.4, 0.5) is 0 Å². The van der Waals surface area contributed by atoms with Gasteiger partial charge in [0.1, 0.15) is 5.78 Å². The average Bonchev–Trinajstić information content (AvgIpc) is 2.56. The van der Waals surface area contributed by atoms with Gasteiger partial charge in [0.05, 0.1) is 0 Å². The van der Waals surface area contributed by atoms with Crippen molar-refractivity contribution >= 4 is 5.78 Å². The first-order valence-electron chi connectivity index (χ1n) is 5.14. The Labute approximate surface area is 80.4 Å². The van der Waals surface area contributed by atoms with E-state index in [0.29, 0.717) is 24.7 Å². The van der Waals surface area contributed by atoms with Gasteiger partial charge in [0, 0.05) is 18.9 Å². The third-order valence-corrected chi connectivity index (χ3v) is 2.58. The van der Waals surface area contributed by atoms with Crippen LogP contribution in [0.5, 0.6) is 0 Å². The zero-order chi connectivity index (χ0) is 9.68. The molecule has 0 saturated carbocycles. The number of carbonyl (C=O) groups excluding carboxylic acids is 1. The van der Waals surface area contributed by atoms with Crippen LogP contribution in [0.15, 0.2) is 12.2 Å². The predicted molar refractivity (Wildman–Crippen MR) is 54.7 cm³/mol. The zero-order valence-corrected chi connectivity index (χ0v) is 8.44. The summed E-state index contributed by atoms with van der Waals surface area (Å²) >= 11 is 0. The van der Waals surface area contributed by atoms with Crippen molar-refractivity contribution < 1.29 is 4.79 Å². The molecule has 13 heavy (non-hydrogen) atoms. The summed E-state index contributed by atoms with van der Waals surface area (Å²) in [5, 5.41) is 3.33. The van der Waals surface area contributed by atoms with Crippen LogP contribution in [-0.4, -0.2) is 18.4 Å². The minimum atomic E-state index is 0.339. The second-order valence-corrected chi connectivity index (χ2v) is 3.82. The van der Waals surface area contributed by atoms with Crippen molar-refractivity contribution in [2.75, 3.05) is 6.54 Å². The van der Waals surface area contributed by atoms with Gasteiger partial charge in [-0.05, 0) is 25.8 Å². The normalized spacial score (nSPS) is 21.8. The molecular formula is C11H19NO. The SMILES string of the molecule is C=C(CC)CC(=O)CC1CCCN1. The molecule has 0 amide bonds. The molecule has 0 spiro atoms. The maximum atomic E-state index is 11.5. The standard InChI is InChI=1S/C11H19NO/c1-3-9(2)7-11(13)8-10-5-4-6-12-10/h10,12H,2-8H2,1H3. The fourth-order valence-corrected chi connectivity index (χ4v) is 1.68. The Kier molecular flexibility index (Phi) is 4.16. The first-order chi connectivity index (χ1) is 6.22. The summed E-state index contributed by atoms with van der Waals surface area (Å²) in [6.45, 7) is 6.97. The molecule has 0 aromatic carbocycles. The van der Waals surface area contributed by atoms with Crippen LogP contribution in [-0.2, 0) is 4.79 Å². The fourth-order valence-electron chi connectivity index (χ4n) is 1.68. The summed E-state index contributed by atoms with van der Waals surface area (Å²) in [7, 11) is 0. The summed E-state index contributed by atoms with van der Waals surface area (Å²) in [5.41, 5.74) is 1.06. The topological polar surface area (TPSA) is 29.1 Å². The first-order valence-corrected chi connectivity index (χ1v) is 5.14. The van der Waals surface area contributed by atoms with E-state index in [1.165, 1.54) is 6.42 Å². The predicted octanol–water partition coefficient (Wildman–Crippen LogP) is 2.05. The lowest BCUT2D eigenvalue weighted by atomic mass is 10.0. The molecule has 1 rings (SSSR count). The second kappa shape index (κ2) is 5.18. The van der Waals surface area contributed by atoms with Crippen molar-refractivity contribution in [2.45, 2.75) is 45.1 Å². The van der Waals surface area contributed by atoms with Gasteiger partial charge < -0.3 is 5.32 Å². The number of rotatable bonds is 5. The van der Waals surface area contributed by atoms with Gasteiger partial charge in [0.15, 0.2) is 0 Å². The lowest BCUT2D eigenvalue weighted by molar-refractivity contribution is -0.118. The summed E-state index contributed by atoms with van der Waals surface area (Å²) in [6, 6.07) is 0.442. The van der Waals surface area contributed by atoms with Gasteiger partial charge in [-0.2, -0.15) is 0 Å². The molecule has 1 aliphatic rings. The largest absolute Gasteiger partial charge is 0.314 e. The molecule has 0 aromatic rings. The highest BCUT2D eigenvalue weighted by atomic mass is 16.1. The molecule has 1 heterocycles. The molecule has 1 atom stereocenters. The molecule has 1 unspecified atom stereocenters. The highest BCUT2D eigenvalue weighted by Crippen LogP contribution is 2.12. The summed E-state index contributed by atoms with van der Waals surface area (Å²) in [5.74, 6) is 0.339. The van der Waals surface area contributed by atoms with Crippen molar-refractivity contribution in [1.29, 1.82) is 0 Å². The number of allylic oxidation sites excluding steroid dienone is 1. The Morgan fingerprint density at radius 3 is 2.92 bits per heavy atom. The summed E-state index contributed by atoms with van der Waals surface area (Å²) < 4.78 is 0. The van der Waals surface area contributed by atoms with E-state index in [-0.39, 0.29) is 0 Å². The van der Waals surface area contributed by atoms with Crippen LogP contribution in [0.2, 0.25) is 0 Å². The van der Waals surface area contributed by atoms with Gasteiger partial charge >= 0.3 is 0 Å². The molecule has 0 aromatic heterocycles. The fraction of sp³-hybridized carbons (Fsp3) is 0.727. The number of hydrogen-bond donors (Lipinski definition) is 1. The average molecular weight is 181 g/mol. The monoisotopic (exact) mass is 181 g/mol. The molecule has 0 bridgehead atoms. The second-order valence-electron chi connectivity index (χ2n) is 3.82. The van der Waals surface area contributed by atoms with E-state index < -0.39 is 0 Å². The lowest BCUT2D eigenvalue weighted by Gasteiger charge is -2.08. The lowest BCUT2D eigenvalue weighted by Crippen LogP contribution is -2.24. The van der Waals surface area contributed by atoms with E-state index in [1.807, 2.05) is 6.92 Å². The van der Waals surface area contributed by atoms with Crippen LogP contribution in [0.3, 0.4) is 0 Å². The van der Waals surface area contributed by atoms with E-state index in [9.17, 15) is 4.79 Å². The minimum absolute atomic E-state index is 0.339. The third kappa shape index (κ3) is 3.73. The Bertz CT molecular complexity index is 192. The highest BCUT2D eigenvalue weighted by molar-refractivity contribution is 5.81. The van der Waals surface area contributed by atoms with Gasteiger partial charge in [0.25, 0.3) is 0 Å². The number of carbonyl (C=O) groups is 1. The maximum Gasteiger partial charge on any atom is 0.138 e. The van der Waals surface area contributed by atoms with E-state index >= 15 is 0 Å². The zero-order valence-electron chi connectivity index (χ0n) is 8.44. The Hall–Kier alpha value is -0.630. The number of Topliss-reactive ketones (excluding diaryl/α,β-unsaturated/α-hetero) is 1. The molecule has 0 radical (unpaired) electrons. The molecule has 0 aliphatic carbocycles. The summed E-state index contributed by atoms with van der Waals surface area (Å²) in [4.78, 5) is 11.5. The molecule has 1 fully saturated rings. The van der Waals surface area contributed by atoms with Gasteiger partial charge in [-0.3, -0.25) is 4.79 Å². The Morgan fingerprint density at radius 2 is 2.38 bits per heavy atom. The van der Waals surface area contributed by atoms with Crippen molar-refractivity contribution in [3.63, 3.8) is 0 Å². The van der Waals surface area contributed by atoms with Gasteiger partial charge in [-0.25, -0.2) is 0 Å². The van der Waals surface area contributed by atoms with Crippen molar-refractivity contribution in [3.8, 4) is 0 Å². The highest BCUT2D eigenvalue weighted by Gasteiger charge is 2.17. The molecule has 74 valence electrons. The summed E-state index contributed by atoms with van der Waals surface area (Å²) in [6.07, 6.45) is 4.56. The minimum Gasteiger partial charge on any atom is -0.314 e. The molecule has 2 heteroatoms. The molecule has 2 nitrogen and oxygen atoms in total. The maximum absolute atomic E-state index is 11.5. The van der Waals surface area contributed by atoms with Crippen LogP contribution < -0.4 is 5.32 Å². The van der Waals surface area contributed by atoms with Crippen LogP contribution in [0, 0.1) is 0 Å². The molecular weight excluding hydrogens is 162 g/mol. The Balaban J connectivity index is 2.20. The van der Waals surface area contributed by atoms with Crippen molar-refractivity contribution in [3.05, 3.63) is 12.2 Å². The number of ketones is 1. The van der Waals surface area contributed by atoms with Crippen LogP contribution in [0.1, 0.15) is 39.0 Å². The van der Waals surface area contributed by atoms with E-state index in [2.05, 4.69) is 11.9 Å². The molecule has 1 saturated heterocycles. The van der Waals surface area contributed by atoms with E-state index in [0.717, 1.165) is 25.0 Å². The number of hydrogen-bond acceptors (Lipinski definition) is 2. The smallest absolute Gasteiger partial charge is 0.138 e. The van der Waals surface area contributed by atoms with Gasteiger partial charge in [0.2, 0.25) is 0 Å². The van der Waals surface area contributed by atoms with Crippen molar-refractivity contribution in [2.24, 2.45) is 0 Å². The third-order valence-electron chi connectivity index (χ3n) is 2.58. The van der Waals surface area contributed by atoms with E-state index in [1.54, 1.807) is 0 Å². The first kappa shape index (κ1) is 10.5. The van der Waals surface area contributed by atoms with E-state index in [4.69, 9.17) is 0 Å². The molecule has 1 N–H and O–H groups in total. The Morgan fingerprint density at radius 1 is 1.62 bits per heavy atom. The van der Waals surface area contributed by atoms with Crippen molar-refractivity contribution in [1.82, 2.24) is 5.32 Å². The molecule has 1 aliphatic heterocycles. The van der Waals surface area contributed by atoms with Crippen LogP contribution >= 0.6 is 0 Å². The van der Waals surface area contributed by atoms with Crippen LogP contribution in [0.25, 0.3) is 0 Å². The number of nitrogens with one attached hydrogen (secondary N) is 1. The quantitative estimate of drug-likeness (QED) is 0.658.